The molecule has 0 aliphatic carbocycles. The molecule has 5 nitrogen and oxygen atoms in total. The van der Waals surface area contributed by atoms with Crippen molar-refractivity contribution in [2.75, 3.05) is 12.3 Å². The van der Waals surface area contributed by atoms with Gasteiger partial charge in [0.05, 0.1) is 12.1 Å². The van der Waals surface area contributed by atoms with Gasteiger partial charge in [0.15, 0.2) is 0 Å². The van der Waals surface area contributed by atoms with Gasteiger partial charge in [0.2, 0.25) is 0 Å². The highest BCUT2D eigenvalue weighted by Crippen LogP contribution is 2.06. The average Bonchev–Trinajstić information content (AvgIpc) is 2.83. The minimum absolute atomic E-state index is 0.297. The lowest BCUT2D eigenvalue weighted by atomic mass is 10.2. The molecule has 0 aliphatic rings. The summed E-state index contributed by atoms with van der Waals surface area (Å²) in [4.78, 5) is 11.6. The maximum absolute atomic E-state index is 11.6. The molecule has 0 bridgehead atoms. The summed E-state index contributed by atoms with van der Waals surface area (Å²) in [6.45, 7) is 0.846. The number of anilines is 1. The van der Waals surface area contributed by atoms with Crippen LogP contribution in [0.25, 0.3) is 0 Å². The first-order valence-corrected chi connectivity index (χ1v) is 5.26. The molecule has 0 saturated heterocycles. The van der Waals surface area contributed by atoms with Crippen molar-refractivity contribution in [3.63, 3.8) is 0 Å². The predicted octanol–water partition coefficient (Wildman–Crippen LogP) is 1.32. The molecule has 0 amide bonds. The van der Waals surface area contributed by atoms with Gasteiger partial charge >= 0.3 is 5.97 Å². The highest BCUT2D eigenvalue weighted by molar-refractivity contribution is 5.89. The molecular weight excluding hydrogens is 218 g/mol. The van der Waals surface area contributed by atoms with E-state index in [2.05, 4.69) is 5.10 Å². The van der Waals surface area contributed by atoms with Crippen molar-refractivity contribution >= 4 is 11.7 Å². The molecule has 0 unspecified atom stereocenters. The lowest BCUT2D eigenvalue weighted by molar-refractivity contribution is 0.0488. The molecule has 88 valence electrons. The number of carbonyl (C=O) groups excluding carboxylic acids is 1. The van der Waals surface area contributed by atoms with Gasteiger partial charge in [0.1, 0.15) is 6.61 Å². The number of hydrogen-bond acceptors (Lipinski definition) is 4. The predicted molar refractivity (Wildman–Crippen MR) is 63.4 cm³/mol. The first-order chi connectivity index (χ1) is 8.25. The van der Waals surface area contributed by atoms with E-state index in [0.717, 1.165) is 0 Å². The maximum atomic E-state index is 11.6. The summed E-state index contributed by atoms with van der Waals surface area (Å²) in [7, 11) is 0. The van der Waals surface area contributed by atoms with Crippen LogP contribution in [0.5, 0.6) is 0 Å². The first kappa shape index (κ1) is 11.2. The number of carbonyl (C=O) groups is 1. The zero-order chi connectivity index (χ0) is 12.1. The van der Waals surface area contributed by atoms with Gasteiger partial charge in [-0.3, -0.25) is 4.68 Å². The zero-order valence-corrected chi connectivity index (χ0v) is 9.24. The Bertz CT molecular complexity index is 477. The molecule has 0 aliphatic heterocycles. The van der Waals surface area contributed by atoms with E-state index in [1.807, 2.05) is 12.3 Å². The Hall–Kier alpha value is -2.30. The van der Waals surface area contributed by atoms with Crippen LogP contribution in [0.15, 0.2) is 42.7 Å². The lowest BCUT2D eigenvalue weighted by Gasteiger charge is -2.05. The van der Waals surface area contributed by atoms with Crippen LogP contribution in [0.3, 0.4) is 0 Å². The van der Waals surface area contributed by atoms with Gasteiger partial charge in [-0.15, -0.1) is 0 Å². The fraction of sp³-hybridized carbons (Fsp3) is 0.167. The first-order valence-electron chi connectivity index (χ1n) is 5.26. The topological polar surface area (TPSA) is 70.1 Å². The molecule has 5 heteroatoms. The number of nitrogens with two attached hydrogens (primary N) is 1. The molecule has 1 heterocycles. The monoisotopic (exact) mass is 231 g/mol. The number of aromatic nitrogens is 2. The summed E-state index contributed by atoms with van der Waals surface area (Å²) in [5, 5.41) is 4.01. The van der Waals surface area contributed by atoms with E-state index in [9.17, 15) is 4.79 Å². The second kappa shape index (κ2) is 5.16. The summed E-state index contributed by atoms with van der Waals surface area (Å²) < 4.78 is 6.81. The normalized spacial score (nSPS) is 10.1. The summed E-state index contributed by atoms with van der Waals surface area (Å²) in [6, 6.07) is 8.45. The highest BCUT2D eigenvalue weighted by Gasteiger charge is 2.06. The number of nitrogens with zero attached hydrogens (tertiary/aromatic N) is 2. The molecule has 1 aromatic heterocycles. The fourth-order valence-electron chi connectivity index (χ4n) is 1.37. The van der Waals surface area contributed by atoms with Crippen molar-refractivity contribution in [1.29, 1.82) is 0 Å². The van der Waals surface area contributed by atoms with Crippen LogP contribution in [0.2, 0.25) is 0 Å². The molecular formula is C12H13N3O2. The van der Waals surface area contributed by atoms with E-state index in [4.69, 9.17) is 10.5 Å². The smallest absolute Gasteiger partial charge is 0.338 e. The third-order valence-corrected chi connectivity index (χ3v) is 2.26. The Morgan fingerprint density at radius 2 is 2.12 bits per heavy atom. The number of rotatable bonds is 4. The quantitative estimate of drug-likeness (QED) is 0.636. The van der Waals surface area contributed by atoms with E-state index >= 15 is 0 Å². The highest BCUT2D eigenvalue weighted by atomic mass is 16.5. The largest absolute Gasteiger partial charge is 0.460 e. The molecule has 2 aromatic rings. The van der Waals surface area contributed by atoms with Gasteiger partial charge in [0.25, 0.3) is 0 Å². The van der Waals surface area contributed by atoms with Gasteiger partial charge in [-0.25, -0.2) is 4.79 Å². The van der Waals surface area contributed by atoms with Crippen LogP contribution in [0.1, 0.15) is 10.4 Å². The molecule has 2 rings (SSSR count). The molecule has 0 saturated carbocycles. The molecule has 0 atom stereocenters. The Kier molecular flexibility index (Phi) is 3.40. The van der Waals surface area contributed by atoms with Crippen LogP contribution in [-0.4, -0.2) is 22.4 Å². The Labute approximate surface area is 98.8 Å². The van der Waals surface area contributed by atoms with Crippen molar-refractivity contribution in [2.24, 2.45) is 0 Å². The van der Waals surface area contributed by atoms with Gasteiger partial charge < -0.3 is 10.5 Å². The number of benzene rings is 1. The third-order valence-electron chi connectivity index (χ3n) is 2.26. The molecule has 17 heavy (non-hydrogen) atoms. The maximum Gasteiger partial charge on any atom is 0.338 e. The van der Waals surface area contributed by atoms with Crippen LogP contribution >= 0.6 is 0 Å². The van der Waals surface area contributed by atoms with Crippen LogP contribution < -0.4 is 5.73 Å². The number of hydrogen-bond donors (Lipinski definition) is 1. The van der Waals surface area contributed by atoms with Crippen molar-refractivity contribution in [3.8, 4) is 0 Å². The van der Waals surface area contributed by atoms with Crippen LogP contribution in [0, 0.1) is 0 Å². The molecule has 1 aromatic carbocycles. The van der Waals surface area contributed by atoms with Gasteiger partial charge in [-0.1, -0.05) is 0 Å². The van der Waals surface area contributed by atoms with Crippen LogP contribution in [0.4, 0.5) is 5.69 Å². The van der Waals surface area contributed by atoms with Crippen LogP contribution in [-0.2, 0) is 11.3 Å². The second-order valence-electron chi connectivity index (χ2n) is 3.53. The average molecular weight is 231 g/mol. The van der Waals surface area contributed by atoms with Gasteiger partial charge in [-0.2, -0.15) is 5.10 Å². The van der Waals surface area contributed by atoms with Crippen molar-refractivity contribution < 1.29 is 9.53 Å². The lowest BCUT2D eigenvalue weighted by Crippen LogP contribution is -2.11. The Morgan fingerprint density at radius 1 is 1.35 bits per heavy atom. The van der Waals surface area contributed by atoms with E-state index < -0.39 is 0 Å². The van der Waals surface area contributed by atoms with E-state index in [-0.39, 0.29) is 5.97 Å². The summed E-state index contributed by atoms with van der Waals surface area (Å²) >= 11 is 0. The minimum atomic E-state index is -0.350. The Balaban J connectivity index is 1.83. The SMILES string of the molecule is Nc1ccc(C(=O)OCCn2cccn2)cc1. The minimum Gasteiger partial charge on any atom is -0.460 e. The third kappa shape index (κ3) is 3.07. The van der Waals surface area contributed by atoms with Crippen molar-refractivity contribution in [3.05, 3.63) is 48.3 Å². The standard InChI is InChI=1S/C12H13N3O2/c13-11-4-2-10(3-5-11)12(16)17-9-8-15-7-1-6-14-15/h1-7H,8-9,13H2. The van der Waals surface area contributed by atoms with Crippen molar-refractivity contribution in [1.82, 2.24) is 9.78 Å². The number of nitrogen functional groups attached to an aromatic ring is 1. The van der Waals surface area contributed by atoms with E-state index in [1.165, 1.54) is 0 Å². The van der Waals surface area contributed by atoms with E-state index in [1.54, 1.807) is 35.1 Å². The molecule has 0 spiro atoms. The molecule has 2 N–H and O–H groups in total. The number of esters is 1. The zero-order valence-electron chi connectivity index (χ0n) is 9.24. The second-order valence-corrected chi connectivity index (χ2v) is 3.53. The van der Waals surface area contributed by atoms with Gasteiger partial charge in [0, 0.05) is 18.1 Å². The number of ether oxygens (including phenoxy) is 1. The fourth-order valence-corrected chi connectivity index (χ4v) is 1.37. The Morgan fingerprint density at radius 3 is 2.76 bits per heavy atom. The van der Waals surface area contributed by atoms with Gasteiger partial charge in [-0.05, 0) is 30.3 Å². The molecule has 0 fully saturated rings. The summed E-state index contributed by atoms with van der Waals surface area (Å²) in [5.74, 6) is -0.350. The molecule has 0 radical (unpaired) electrons. The van der Waals surface area contributed by atoms with Crippen molar-refractivity contribution in [2.45, 2.75) is 6.54 Å². The summed E-state index contributed by atoms with van der Waals surface area (Å²) in [5.41, 5.74) is 6.65. The van der Waals surface area contributed by atoms with E-state index in [0.29, 0.717) is 24.4 Å². The summed E-state index contributed by atoms with van der Waals surface area (Å²) in [6.07, 6.45) is 3.50.